The maximum absolute atomic E-state index is 13.2. The van der Waals surface area contributed by atoms with E-state index in [1.807, 2.05) is 0 Å². The largest absolute Gasteiger partial charge is 0.495 e. The van der Waals surface area contributed by atoms with Crippen molar-refractivity contribution in [1.29, 1.82) is 0 Å². The highest BCUT2D eigenvalue weighted by molar-refractivity contribution is 6.32. The summed E-state index contributed by atoms with van der Waals surface area (Å²) >= 11 is 5.80. The van der Waals surface area contributed by atoms with Crippen LogP contribution in [-0.4, -0.2) is 24.1 Å². The summed E-state index contributed by atoms with van der Waals surface area (Å²) in [6, 6.07) is 3.91. The molecule has 1 aliphatic carbocycles. The molecule has 0 aliphatic heterocycles. The molecule has 17 heavy (non-hydrogen) atoms. The smallest absolute Gasteiger partial charge is 0.320 e. The van der Waals surface area contributed by atoms with Gasteiger partial charge in [-0.25, -0.2) is 8.78 Å². The lowest BCUT2D eigenvalue weighted by atomic mass is 9.95. The Bertz CT molecular complexity index is 490. The van der Waals surface area contributed by atoms with Crippen molar-refractivity contribution in [2.45, 2.75) is 17.8 Å². The summed E-state index contributed by atoms with van der Waals surface area (Å²) in [4.78, 5) is 11.0. The molecule has 1 aromatic carbocycles. The third-order valence-electron chi connectivity index (χ3n) is 3.00. The SMILES string of the molecule is COc1ccc(C2(C(=O)O)CC2(F)F)cc1Cl. The molecular formula is C11H9ClF2O3. The number of methoxy groups -OCH3 is 1. The second kappa shape index (κ2) is 3.57. The van der Waals surface area contributed by atoms with Crippen LogP contribution in [0.2, 0.25) is 5.02 Å². The fraction of sp³-hybridized carbons (Fsp3) is 0.364. The van der Waals surface area contributed by atoms with Gasteiger partial charge in [0.15, 0.2) is 5.41 Å². The predicted molar refractivity (Wildman–Crippen MR) is 56.9 cm³/mol. The van der Waals surface area contributed by atoms with E-state index in [1.54, 1.807) is 0 Å². The number of hydrogen-bond donors (Lipinski definition) is 1. The standard InChI is InChI=1S/C11H9ClF2O3/c1-17-8-3-2-6(4-7(8)12)10(9(15)16)5-11(10,13)14/h2-4H,5H2,1H3,(H,15,16). The minimum absolute atomic E-state index is 0.000741. The summed E-state index contributed by atoms with van der Waals surface area (Å²) in [6.45, 7) is 0. The van der Waals surface area contributed by atoms with Crippen LogP contribution in [0.1, 0.15) is 12.0 Å². The van der Waals surface area contributed by atoms with Gasteiger partial charge in [0.05, 0.1) is 12.1 Å². The number of aliphatic carboxylic acids is 1. The van der Waals surface area contributed by atoms with E-state index in [2.05, 4.69) is 0 Å². The van der Waals surface area contributed by atoms with Crippen molar-refractivity contribution in [3.8, 4) is 5.75 Å². The first kappa shape index (κ1) is 12.1. The van der Waals surface area contributed by atoms with Crippen molar-refractivity contribution in [3.63, 3.8) is 0 Å². The van der Waals surface area contributed by atoms with Crippen LogP contribution >= 0.6 is 11.6 Å². The number of hydrogen-bond acceptors (Lipinski definition) is 2. The van der Waals surface area contributed by atoms with E-state index in [1.165, 1.54) is 25.3 Å². The molecule has 3 nitrogen and oxygen atoms in total. The lowest BCUT2D eigenvalue weighted by Gasteiger charge is -2.13. The highest BCUT2D eigenvalue weighted by Gasteiger charge is 2.77. The molecule has 1 aliphatic rings. The number of carboxylic acids is 1. The minimum atomic E-state index is -3.23. The molecule has 0 heterocycles. The van der Waals surface area contributed by atoms with Gasteiger partial charge in [-0.15, -0.1) is 0 Å². The second-order valence-corrected chi connectivity index (χ2v) is 4.35. The highest BCUT2D eigenvalue weighted by Crippen LogP contribution is 2.62. The zero-order valence-electron chi connectivity index (χ0n) is 8.84. The molecule has 1 unspecified atom stereocenters. The Morgan fingerprint density at radius 3 is 2.47 bits per heavy atom. The number of carbonyl (C=O) groups is 1. The maximum Gasteiger partial charge on any atom is 0.320 e. The lowest BCUT2D eigenvalue weighted by Crippen LogP contribution is -2.27. The van der Waals surface area contributed by atoms with Crippen LogP contribution in [0.5, 0.6) is 5.75 Å². The minimum Gasteiger partial charge on any atom is -0.495 e. The maximum atomic E-state index is 13.2. The Labute approximate surface area is 101 Å². The second-order valence-electron chi connectivity index (χ2n) is 3.94. The molecule has 0 aromatic heterocycles. The summed E-state index contributed by atoms with van der Waals surface area (Å²) < 4.78 is 31.4. The number of benzene rings is 1. The van der Waals surface area contributed by atoms with Gasteiger partial charge in [-0.05, 0) is 17.7 Å². The molecule has 1 N–H and O–H groups in total. The molecule has 0 bridgehead atoms. The van der Waals surface area contributed by atoms with Gasteiger partial charge in [0.1, 0.15) is 5.75 Å². The Kier molecular flexibility index (Phi) is 2.54. The Morgan fingerprint density at radius 1 is 1.53 bits per heavy atom. The number of rotatable bonds is 3. The van der Waals surface area contributed by atoms with Crippen LogP contribution in [0.3, 0.4) is 0 Å². The van der Waals surface area contributed by atoms with Crippen molar-refractivity contribution in [1.82, 2.24) is 0 Å². The molecule has 1 saturated carbocycles. The van der Waals surface area contributed by atoms with Crippen LogP contribution in [0.4, 0.5) is 8.78 Å². The first-order valence-corrected chi connectivity index (χ1v) is 5.18. The van der Waals surface area contributed by atoms with Crippen molar-refractivity contribution in [2.75, 3.05) is 7.11 Å². The average Bonchev–Trinajstić information content (AvgIpc) is 2.83. The summed E-state index contributed by atoms with van der Waals surface area (Å²) in [6.07, 6.45) is -0.696. The highest BCUT2D eigenvalue weighted by atomic mass is 35.5. The number of alkyl halides is 2. The number of ether oxygens (including phenoxy) is 1. The van der Waals surface area contributed by atoms with Gasteiger partial charge >= 0.3 is 5.97 Å². The first-order valence-electron chi connectivity index (χ1n) is 4.80. The predicted octanol–water partition coefficient (Wildman–Crippen LogP) is 2.71. The van der Waals surface area contributed by atoms with Gasteiger partial charge in [0.25, 0.3) is 5.92 Å². The topological polar surface area (TPSA) is 46.5 Å². The molecule has 6 heteroatoms. The quantitative estimate of drug-likeness (QED) is 0.911. The van der Waals surface area contributed by atoms with E-state index in [0.717, 1.165) is 0 Å². The van der Waals surface area contributed by atoms with Gasteiger partial charge in [-0.1, -0.05) is 17.7 Å². The molecular weight excluding hydrogens is 254 g/mol. The normalized spacial score (nSPS) is 25.4. The number of halogens is 3. The third kappa shape index (κ3) is 1.57. The summed E-state index contributed by atoms with van der Waals surface area (Å²) in [7, 11) is 1.39. The zero-order chi connectivity index (χ0) is 12.8. The lowest BCUT2D eigenvalue weighted by molar-refractivity contribution is -0.142. The molecule has 1 fully saturated rings. The van der Waals surface area contributed by atoms with Gasteiger partial charge in [0.2, 0.25) is 0 Å². The molecule has 1 aromatic rings. The van der Waals surface area contributed by atoms with Crippen LogP contribution in [0.15, 0.2) is 18.2 Å². The van der Waals surface area contributed by atoms with E-state index in [9.17, 15) is 13.6 Å². The van der Waals surface area contributed by atoms with Crippen molar-refractivity contribution < 1.29 is 23.4 Å². The monoisotopic (exact) mass is 262 g/mol. The Morgan fingerprint density at radius 2 is 2.12 bits per heavy atom. The molecule has 0 amide bonds. The van der Waals surface area contributed by atoms with E-state index < -0.39 is 23.7 Å². The third-order valence-corrected chi connectivity index (χ3v) is 3.29. The molecule has 0 radical (unpaired) electrons. The summed E-state index contributed by atoms with van der Waals surface area (Å²) in [5.41, 5.74) is -2.14. The van der Waals surface area contributed by atoms with E-state index in [0.29, 0.717) is 5.75 Å². The molecule has 0 spiro atoms. The van der Waals surface area contributed by atoms with Gasteiger partial charge in [-0.2, -0.15) is 0 Å². The fourth-order valence-corrected chi connectivity index (χ4v) is 2.15. The summed E-state index contributed by atoms with van der Waals surface area (Å²) in [5.74, 6) is -4.44. The fourth-order valence-electron chi connectivity index (χ4n) is 1.89. The van der Waals surface area contributed by atoms with E-state index >= 15 is 0 Å². The molecule has 92 valence electrons. The van der Waals surface area contributed by atoms with E-state index in [-0.39, 0.29) is 10.6 Å². The number of carboxylic acid groups (broad SMARTS) is 1. The van der Waals surface area contributed by atoms with Crippen LogP contribution < -0.4 is 4.74 Å². The molecule has 0 saturated heterocycles. The van der Waals surface area contributed by atoms with Crippen molar-refractivity contribution in [2.24, 2.45) is 0 Å². The van der Waals surface area contributed by atoms with Gasteiger partial charge in [-0.3, -0.25) is 4.79 Å². The average molecular weight is 263 g/mol. The van der Waals surface area contributed by atoms with Crippen molar-refractivity contribution in [3.05, 3.63) is 28.8 Å². The van der Waals surface area contributed by atoms with Crippen molar-refractivity contribution >= 4 is 17.6 Å². The van der Waals surface area contributed by atoms with Gasteiger partial charge < -0.3 is 9.84 Å². The molecule has 2 rings (SSSR count). The van der Waals surface area contributed by atoms with Crippen LogP contribution in [-0.2, 0) is 10.2 Å². The molecule has 1 atom stereocenters. The first-order chi connectivity index (χ1) is 7.85. The Hall–Kier alpha value is -1.36. The van der Waals surface area contributed by atoms with Crippen LogP contribution in [0, 0.1) is 0 Å². The van der Waals surface area contributed by atoms with Gasteiger partial charge in [0, 0.05) is 6.42 Å². The Balaban J connectivity index is 2.48. The zero-order valence-corrected chi connectivity index (χ0v) is 9.59. The van der Waals surface area contributed by atoms with E-state index in [4.69, 9.17) is 21.4 Å². The van der Waals surface area contributed by atoms with Crippen LogP contribution in [0.25, 0.3) is 0 Å². The summed E-state index contributed by atoms with van der Waals surface area (Å²) in [5, 5.41) is 9.07.